The second-order valence-corrected chi connectivity index (χ2v) is 2.31. The molecule has 0 aromatic heterocycles. The standard InChI is InChI=1S/C8H12N2O/c1-2-10(11)8-5-3-7(9)4-6-8/h3-6,11H,2,9H2,1H3. The Hall–Kier alpha value is -1.22. The second kappa shape index (κ2) is 3.25. The van der Waals surface area contributed by atoms with Crippen molar-refractivity contribution in [1.29, 1.82) is 0 Å². The first-order chi connectivity index (χ1) is 5.24. The van der Waals surface area contributed by atoms with Gasteiger partial charge < -0.3 is 5.73 Å². The van der Waals surface area contributed by atoms with Crippen LogP contribution < -0.4 is 10.8 Å². The minimum atomic E-state index is 0.573. The van der Waals surface area contributed by atoms with Gasteiger partial charge in [0.1, 0.15) is 0 Å². The van der Waals surface area contributed by atoms with Crippen molar-refractivity contribution >= 4 is 11.4 Å². The van der Waals surface area contributed by atoms with Crippen molar-refractivity contribution in [1.82, 2.24) is 0 Å². The summed E-state index contributed by atoms with van der Waals surface area (Å²) in [4.78, 5) is 0. The Morgan fingerprint density at radius 1 is 1.36 bits per heavy atom. The van der Waals surface area contributed by atoms with E-state index in [9.17, 15) is 5.21 Å². The smallest absolute Gasteiger partial charge is 0.0635 e. The van der Waals surface area contributed by atoms with Gasteiger partial charge in [0, 0.05) is 12.2 Å². The summed E-state index contributed by atoms with van der Waals surface area (Å²) in [6.45, 7) is 2.44. The zero-order valence-electron chi connectivity index (χ0n) is 6.49. The molecule has 3 heteroatoms. The number of rotatable bonds is 2. The average Bonchev–Trinajstić information content (AvgIpc) is 2.05. The first-order valence-corrected chi connectivity index (χ1v) is 3.56. The molecule has 1 rings (SSSR count). The van der Waals surface area contributed by atoms with Crippen LogP contribution in [0.4, 0.5) is 11.4 Å². The summed E-state index contributed by atoms with van der Waals surface area (Å²) in [6.07, 6.45) is 0. The molecule has 0 unspecified atom stereocenters. The Morgan fingerprint density at radius 2 is 1.91 bits per heavy atom. The van der Waals surface area contributed by atoms with E-state index in [2.05, 4.69) is 0 Å². The highest BCUT2D eigenvalue weighted by molar-refractivity contribution is 5.51. The molecule has 0 saturated carbocycles. The lowest BCUT2D eigenvalue weighted by Gasteiger charge is -2.13. The second-order valence-electron chi connectivity index (χ2n) is 2.31. The van der Waals surface area contributed by atoms with Crippen LogP contribution in [0.5, 0.6) is 0 Å². The van der Waals surface area contributed by atoms with E-state index < -0.39 is 0 Å². The minimum Gasteiger partial charge on any atom is -0.399 e. The SMILES string of the molecule is CCN(O)c1ccc(N)cc1. The monoisotopic (exact) mass is 152 g/mol. The average molecular weight is 152 g/mol. The molecule has 0 aliphatic rings. The quantitative estimate of drug-likeness (QED) is 0.498. The van der Waals surface area contributed by atoms with E-state index in [-0.39, 0.29) is 0 Å². The van der Waals surface area contributed by atoms with Gasteiger partial charge in [-0.25, -0.2) is 0 Å². The number of hydrogen-bond acceptors (Lipinski definition) is 3. The van der Waals surface area contributed by atoms with E-state index in [1.807, 2.05) is 6.92 Å². The lowest BCUT2D eigenvalue weighted by atomic mass is 10.3. The minimum absolute atomic E-state index is 0.573. The molecular weight excluding hydrogens is 140 g/mol. The van der Waals surface area contributed by atoms with Crippen molar-refractivity contribution in [3.63, 3.8) is 0 Å². The molecule has 0 bridgehead atoms. The molecule has 3 nitrogen and oxygen atoms in total. The predicted molar refractivity (Wildman–Crippen MR) is 45.7 cm³/mol. The fraction of sp³-hybridized carbons (Fsp3) is 0.250. The molecule has 3 N–H and O–H groups in total. The molecule has 0 amide bonds. The van der Waals surface area contributed by atoms with Gasteiger partial charge in [-0.3, -0.25) is 10.3 Å². The lowest BCUT2D eigenvalue weighted by molar-refractivity contribution is 0.260. The fourth-order valence-electron chi connectivity index (χ4n) is 0.829. The number of nitrogens with zero attached hydrogens (tertiary/aromatic N) is 1. The summed E-state index contributed by atoms with van der Waals surface area (Å²) in [5.41, 5.74) is 6.94. The van der Waals surface area contributed by atoms with E-state index in [1.165, 1.54) is 5.06 Å². The van der Waals surface area contributed by atoms with Crippen molar-refractivity contribution < 1.29 is 5.21 Å². The van der Waals surface area contributed by atoms with Gasteiger partial charge in [0.2, 0.25) is 0 Å². The molecule has 0 radical (unpaired) electrons. The van der Waals surface area contributed by atoms with Crippen LogP contribution in [0, 0.1) is 0 Å². The zero-order valence-corrected chi connectivity index (χ0v) is 6.49. The lowest BCUT2D eigenvalue weighted by Crippen LogP contribution is -2.16. The van der Waals surface area contributed by atoms with Gasteiger partial charge in [0.25, 0.3) is 0 Å². The number of anilines is 2. The maximum absolute atomic E-state index is 9.21. The third-order valence-electron chi connectivity index (χ3n) is 1.49. The van der Waals surface area contributed by atoms with Crippen molar-refractivity contribution in [2.45, 2.75) is 6.92 Å². The van der Waals surface area contributed by atoms with Crippen molar-refractivity contribution in [2.24, 2.45) is 0 Å². The van der Waals surface area contributed by atoms with E-state index in [4.69, 9.17) is 5.73 Å². The number of nitrogens with two attached hydrogens (primary N) is 1. The summed E-state index contributed by atoms with van der Waals surface area (Å²) in [7, 11) is 0. The molecule has 1 aromatic carbocycles. The fourth-order valence-corrected chi connectivity index (χ4v) is 0.829. The molecule has 0 fully saturated rings. The molecule has 60 valence electrons. The maximum Gasteiger partial charge on any atom is 0.0635 e. The molecule has 0 aliphatic heterocycles. The maximum atomic E-state index is 9.21. The number of hydrogen-bond donors (Lipinski definition) is 2. The van der Waals surface area contributed by atoms with Crippen LogP contribution in [0.3, 0.4) is 0 Å². The molecular formula is C8H12N2O. The van der Waals surface area contributed by atoms with Crippen LogP contribution >= 0.6 is 0 Å². The normalized spacial score (nSPS) is 9.64. The van der Waals surface area contributed by atoms with Gasteiger partial charge >= 0.3 is 0 Å². The summed E-state index contributed by atoms with van der Waals surface area (Å²) in [5.74, 6) is 0. The summed E-state index contributed by atoms with van der Waals surface area (Å²) >= 11 is 0. The van der Waals surface area contributed by atoms with Gasteiger partial charge in [-0.1, -0.05) is 0 Å². The number of benzene rings is 1. The van der Waals surface area contributed by atoms with E-state index in [0.29, 0.717) is 12.2 Å². The van der Waals surface area contributed by atoms with Gasteiger partial charge in [-0.05, 0) is 31.2 Å². The van der Waals surface area contributed by atoms with Crippen LogP contribution in [-0.4, -0.2) is 11.8 Å². The molecule has 11 heavy (non-hydrogen) atoms. The van der Waals surface area contributed by atoms with Gasteiger partial charge in [-0.2, -0.15) is 0 Å². The Labute approximate surface area is 66.0 Å². The van der Waals surface area contributed by atoms with Crippen molar-refractivity contribution in [3.05, 3.63) is 24.3 Å². The molecule has 1 aromatic rings. The topological polar surface area (TPSA) is 49.5 Å². The summed E-state index contributed by atoms with van der Waals surface area (Å²) in [6, 6.07) is 7.07. The molecule has 0 atom stereocenters. The van der Waals surface area contributed by atoms with E-state index in [0.717, 1.165) is 5.69 Å². The van der Waals surface area contributed by atoms with E-state index in [1.54, 1.807) is 24.3 Å². The summed E-state index contributed by atoms with van der Waals surface area (Å²) < 4.78 is 0. The van der Waals surface area contributed by atoms with Gasteiger partial charge in [0.15, 0.2) is 0 Å². The molecule has 0 aliphatic carbocycles. The zero-order chi connectivity index (χ0) is 8.27. The Morgan fingerprint density at radius 3 is 2.36 bits per heavy atom. The summed E-state index contributed by atoms with van der Waals surface area (Å²) in [5, 5.41) is 10.4. The number of nitrogen functional groups attached to an aromatic ring is 1. The Bertz CT molecular complexity index is 220. The van der Waals surface area contributed by atoms with Crippen LogP contribution in [0.15, 0.2) is 24.3 Å². The largest absolute Gasteiger partial charge is 0.399 e. The highest BCUT2D eigenvalue weighted by atomic mass is 16.5. The van der Waals surface area contributed by atoms with Crippen LogP contribution in [0.25, 0.3) is 0 Å². The third kappa shape index (κ3) is 1.85. The van der Waals surface area contributed by atoms with Crippen LogP contribution in [0.1, 0.15) is 6.92 Å². The molecule has 0 spiro atoms. The Balaban J connectivity index is 2.81. The Kier molecular flexibility index (Phi) is 2.33. The highest BCUT2D eigenvalue weighted by Crippen LogP contribution is 2.13. The van der Waals surface area contributed by atoms with E-state index >= 15 is 0 Å². The van der Waals surface area contributed by atoms with Gasteiger partial charge in [0.05, 0.1) is 5.69 Å². The first kappa shape index (κ1) is 7.88. The molecule has 0 saturated heterocycles. The van der Waals surface area contributed by atoms with Crippen LogP contribution in [0.2, 0.25) is 0 Å². The highest BCUT2D eigenvalue weighted by Gasteiger charge is 1.97. The predicted octanol–water partition coefficient (Wildman–Crippen LogP) is 1.48. The van der Waals surface area contributed by atoms with Crippen molar-refractivity contribution in [2.75, 3.05) is 17.3 Å². The van der Waals surface area contributed by atoms with Gasteiger partial charge in [-0.15, -0.1) is 0 Å². The molecule has 0 heterocycles. The van der Waals surface area contributed by atoms with Crippen molar-refractivity contribution in [3.8, 4) is 0 Å². The van der Waals surface area contributed by atoms with Crippen LogP contribution in [-0.2, 0) is 0 Å². The number of hydroxylamine groups is 1. The third-order valence-corrected chi connectivity index (χ3v) is 1.49. The first-order valence-electron chi connectivity index (χ1n) is 3.56.